The molecule has 1 atom stereocenters. The zero-order valence-corrected chi connectivity index (χ0v) is 7.86. The largest absolute Gasteiger partial charge is 0.370 e. The van der Waals surface area contributed by atoms with Gasteiger partial charge in [-0.1, -0.05) is 12.1 Å². The third-order valence-electron chi connectivity index (χ3n) is 1.59. The van der Waals surface area contributed by atoms with E-state index in [1.807, 2.05) is 19.1 Å². The summed E-state index contributed by atoms with van der Waals surface area (Å²) in [5, 5.41) is 0.931. The molecule has 4 heteroatoms. The molecule has 1 aromatic rings. The Kier molecular flexibility index (Phi) is 2.79. The SMILES string of the molecule is Cc1ccc(P)cc1C(=O)ON. The standard InChI is InChI=1S/C8H10NO2P/c1-5-2-3-6(12)4-7(5)8(10)11-9/h2-4H,9,12H2,1H3. The molecule has 0 heterocycles. The predicted molar refractivity (Wildman–Crippen MR) is 50.1 cm³/mol. The van der Waals surface area contributed by atoms with Gasteiger partial charge in [0, 0.05) is 0 Å². The van der Waals surface area contributed by atoms with E-state index in [1.54, 1.807) is 6.07 Å². The Morgan fingerprint density at radius 1 is 1.58 bits per heavy atom. The molecule has 0 aromatic heterocycles. The minimum atomic E-state index is -0.503. The van der Waals surface area contributed by atoms with Gasteiger partial charge in [-0.05, 0) is 23.9 Å². The maximum absolute atomic E-state index is 11.0. The quantitative estimate of drug-likeness (QED) is 0.510. The van der Waals surface area contributed by atoms with Crippen molar-refractivity contribution in [2.75, 3.05) is 0 Å². The molecule has 12 heavy (non-hydrogen) atoms. The summed E-state index contributed by atoms with van der Waals surface area (Å²) in [4.78, 5) is 15.2. The first kappa shape index (κ1) is 9.17. The Balaban J connectivity index is 3.13. The maximum atomic E-state index is 11.0. The average Bonchev–Trinajstić information content (AvgIpc) is 2.08. The van der Waals surface area contributed by atoms with E-state index in [9.17, 15) is 4.79 Å². The molecule has 0 fully saturated rings. The van der Waals surface area contributed by atoms with Crippen molar-refractivity contribution in [2.45, 2.75) is 6.92 Å². The fourth-order valence-corrected chi connectivity index (χ4v) is 1.19. The second-order valence-corrected chi connectivity index (χ2v) is 3.15. The van der Waals surface area contributed by atoms with Gasteiger partial charge in [0.2, 0.25) is 0 Å². The average molecular weight is 183 g/mol. The van der Waals surface area contributed by atoms with Crippen LogP contribution in [-0.2, 0) is 4.84 Å². The minimum absolute atomic E-state index is 0.503. The normalized spacial score (nSPS) is 9.58. The van der Waals surface area contributed by atoms with Crippen molar-refractivity contribution >= 4 is 20.5 Å². The van der Waals surface area contributed by atoms with Gasteiger partial charge < -0.3 is 4.84 Å². The molecule has 1 aromatic carbocycles. The summed E-state index contributed by atoms with van der Waals surface area (Å²) in [7, 11) is 2.50. The lowest BCUT2D eigenvalue weighted by molar-refractivity contribution is 0.0502. The molecular weight excluding hydrogens is 173 g/mol. The fraction of sp³-hybridized carbons (Fsp3) is 0.125. The van der Waals surface area contributed by atoms with E-state index < -0.39 is 5.97 Å². The summed E-state index contributed by atoms with van der Waals surface area (Å²) in [5.74, 6) is 4.26. The highest BCUT2D eigenvalue weighted by molar-refractivity contribution is 7.27. The summed E-state index contributed by atoms with van der Waals surface area (Å²) in [6, 6.07) is 5.46. The van der Waals surface area contributed by atoms with Crippen molar-refractivity contribution in [1.82, 2.24) is 0 Å². The highest BCUT2D eigenvalue weighted by Crippen LogP contribution is 2.07. The first-order valence-corrected chi connectivity index (χ1v) is 4.00. The number of benzene rings is 1. The second kappa shape index (κ2) is 3.65. The first-order chi connectivity index (χ1) is 5.65. The predicted octanol–water partition coefficient (Wildman–Crippen LogP) is 0.526. The molecule has 0 radical (unpaired) electrons. The van der Waals surface area contributed by atoms with E-state index in [1.165, 1.54) is 0 Å². The lowest BCUT2D eigenvalue weighted by atomic mass is 10.1. The highest BCUT2D eigenvalue weighted by Gasteiger charge is 2.08. The van der Waals surface area contributed by atoms with Gasteiger partial charge in [-0.3, -0.25) is 0 Å². The van der Waals surface area contributed by atoms with Crippen LogP contribution in [0.15, 0.2) is 18.2 Å². The first-order valence-electron chi connectivity index (χ1n) is 3.42. The molecule has 0 bridgehead atoms. The smallest absolute Gasteiger partial charge is 0.356 e. The summed E-state index contributed by atoms with van der Waals surface area (Å²) >= 11 is 0. The molecule has 1 rings (SSSR count). The van der Waals surface area contributed by atoms with E-state index in [0.717, 1.165) is 10.9 Å². The molecule has 0 aliphatic rings. The summed E-state index contributed by atoms with van der Waals surface area (Å²) in [6.07, 6.45) is 0. The molecule has 0 spiro atoms. The topological polar surface area (TPSA) is 52.3 Å². The zero-order valence-electron chi connectivity index (χ0n) is 6.70. The number of hydrogen-bond acceptors (Lipinski definition) is 3. The lowest BCUT2D eigenvalue weighted by Crippen LogP contribution is -2.13. The van der Waals surface area contributed by atoms with Gasteiger partial charge in [-0.2, -0.15) is 5.90 Å². The summed E-state index contributed by atoms with van der Waals surface area (Å²) in [5.41, 5.74) is 1.36. The number of hydrogen-bond donors (Lipinski definition) is 1. The van der Waals surface area contributed by atoms with Crippen LogP contribution in [-0.4, -0.2) is 5.97 Å². The Morgan fingerprint density at radius 2 is 2.25 bits per heavy atom. The molecule has 64 valence electrons. The van der Waals surface area contributed by atoms with Crippen LogP contribution >= 0.6 is 9.24 Å². The van der Waals surface area contributed by atoms with Crippen LogP contribution in [0.1, 0.15) is 15.9 Å². The Morgan fingerprint density at radius 3 is 2.83 bits per heavy atom. The second-order valence-electron chi connectivity index (χ2n) is 2.48. The molecule has 0 aliphatic heterocycles. The van der Waals surface area contributed by atoms with E-state index in [-0.39, 0.29) is 0 Å². The highest BCUT2D eigenvalue weighted by atomic mass is 31.0. The molecule has 0 saturated heterocycles. The van der Waals surface area contributed by atoms with Crippen LogP contribution < -0.4 is 11.2 Å². The molecule has 0 amide bonds. The lowest BCUT2D eigenvalue weighted by Gasteiger charge is -2.02. The Bertz CT molecular complexity index is 312. The van der Waals surface area contributed by atoms with Crippen LogP contribution in [0.3, 0.4) is 0 Å². The molecule has 0 aliphatic carbocycles. The molecule has 3 nitrogen and oxygen atoms in total. The van der Waals surface area contributed by atoms with Crippen molar-refractivity contribution in [3.63, 3.8) is 0 Å². The molecule has 2 N–H and O–H groups in total. The van der Waals surface area contributed by atoms with Crippen LogP contribution in [0.2, 0.25) is 0 Å². The fourth-order valence-electron chi connectivity index (χ4n) is 0.923. The van der Waals surface area contributed by atoms with Gasteiger partial charge >= 0.3 is 5.97 Å². The summed E-state index contributed by atoms with van der Waals surface area (Å²) < 4.78 is 0. The van der Waals surface area contributed by atoms with E-state index >= 15 is 0 Å². The number of nitrogens with two attached hydrogens (primary N) is 1. The third kappa shape index (κ3) is 1.81. The minimum Gasteiger partial charge on any atom is -0.370 e. The van der Waals surface area contributed by atoms with Crippen molar-refractivity contribution in [1.29, 1.82) is 0 Å². The maximum Gasteiger partial charge on any atom is 0.356 e. The third-order valence-corrected chi connectivity index (χ3v) is 1.95. The van der Waals surface area contributed by atoms with Gasteiger partial charge in [0.15, 0.2) is 0 Å². The van der Waals surface area contributed by atoms with Gasteiger partial charge in [0.1, 0.15) is 0 Å². The van der Waals surface area contributed by atoms with E-state index in [0.29, 0.717) is 5.56 Å². The number of rotatable bonds is 1. The summed E-state index contributed by atoms with van der Waals surface area (Å²) in [6.45, 7) is 1.83. The zero-order chi connectivity index (χ0) is 9.14. The number of carbonyl (C=O) groups excluding carboxylic acids is 1. The van der Waals surface area contributed by atoms with Crippen LogP contribution in [0.5, 0.6) is 0 Å². The molecular formula is C8H10NO2P. The van der Waals surface area contributed by atoms with Crippen LogP contribution in [0.4, 0.5) is 0 Å². The van der Waals surface area contributed by atoms with Crippen molar-refractivity contribution in [3.05, 3.63) is 29.3 Å². The van der Waals surface area contributed by atoms with Gasteiger partial charge in [-0.25, -0.2) is 4.79 Å². The monoisotopic (exact) mass is 183 g/mol. The molecule has 1 unspecified atom stereocenters. The molecule has 0 saturated carbocycles. The number of aryl methyl sites for hydroxylation is 1. The Hall–Kier alpha value is -0.920. The van der Waals surface area contributed by atoms with Gasteiger partial charge in [0.05, 0.1) is 5.56 Å². The van der Waals surface area contributed by atoms with Crippen molar-refractivity contribution < 1.29 is 9.63 Å². The van der Waals surface area contributed by atoms with Crippen molar-refractivity contribution in [3.8, 4) is 0 Å². The van der Waals surface area contributed by atoms with E-state index in [2.05, 4.69) is 14.1 Å². The van der Waals surface area contributed by atoms with Crippen LogP contribution in [0.25, 0.3) is 0 Å². The van der Waals surface area contributed by atoms with Crippen LogP contribution in [0, 0.1) is 6.92 Å². The van der Waals surface area contributed by atoms with Gasteiger partial charge in [0.25, 0.3) is 0 Å². The Labute approximate surface area is 73.1 Å². The number of carbonyl (C=O) groups is 1. The van der Waals surface area contributed by atoms with E-state index in [4.69, 9.17) is 5.90 Å². The van der Waals surface area contributed by atoms with Gasteiger partial charge in [-0.15, -0.1) is 9.24 Å². The van der Waals surface area contributed by atoms with Crippen molar-refractivity contribution in [2.24, 2.45) is 5.90 Å².